The molecule has 2 heterocycles. The Bertz CT molecular complexity index is 500. The Kier molecular flexibility index (Phi) is 2.29. The van der Waals surface area contributed by atoms with Gasteiger partial charge in [0, 0.05) is 12.4 Å². The van der Waals surface area contributed by atoms with Crippen LogP contribution in [0.3, 0.4) is 0 Å². The third-order valence-corrected chi connectivity index (χ3v) is 3.61. The lowest BCUT2D eigenvalue weighted by Gasteiger charge is -2.28. The molecule has 2 aromatic rings. The van der Waals surface area contributed by atoms with E-state index in [0.29, 0.717) is 18.4 Å². The van der Waals surface area contributed by atoms with Crippen LogP contribution in [0.4, 0.5) is 0 Å². The molecule has 90 valence electrons. The Hall–Kier alpha value is -1.62. The summed E-state index contributed by atoms with van der Waals surface area (Å²) in [4.78, 5) is 4.39. The largest absolute Gasteiger partial charge is 0.341 e. The average Bonchev–Trinajstić information content (AvgIpc) is 2.88. The highest BCUT2D eigenvalue weighted by Crippen LogP contribution is 2.47. The molecule has 1 saturated carbocycles. The predicted molar refractivity (Wildman–Crippen MR) is 62.1 cm³/mol. The van der Waals surface area contributed by atoms with E-state index in [0.717, 1.165) is 5.82 Å². The maximum absolute atomic E-state index is 5.51. The maximum Gasteiger partial charge on any atom is 0.240 e. The second kappa shape index (κ2) is 3.70. The van der Waals surface area contributed by atoms with Gasteiger partial charge in [0.1, 0.15) is 5.54 Å². The third-order valence-electron chi connectivity index (χ3n) is 3.61. The molecule has 0 unspecified atom stereocenters. The number of rotatable bonds is 4. The van der Waals surface area contributed by atoms with Gasteiger partial charge in [-0.2, -0.15) is 4.98 Å². The first kappa shape index (κ1) is 10.5. The summed E-state index contributed by atoms with van der Waals surface area (Å²) < 4.78 is 7.30. The predicted octanol–water partition coefficient (Wildman–Crippen LogP) is 1.50. The summed E-state index contributed by atoms with van der Waals surface area (Å²) in [5, 5.41) is 4.09. The molecule has 3 rings (SSSR count). The van der Waals surface area contributed by atoms with E-state index in [-0.39, 0.29) is 5.54 Å². The highest BCUT2D eigenvalue weighted by Gasteiger charge is 2.47. The van der Waals surface area contributed by atoms with Crippen LogP contribution in [0.1, 0.15) is 31.5 Å². The summed E-state index contributed by atoms with van der Waals surface area (Å²) in [5.41, 5.74) is 5.31. The van der Waals surface area contributed by atoms with Crippen molar-refractivity contribution in [3.63, 3.8) is 0 Å². The Morgan fingerprint density at radius 3 is 2.71 bits per heavy atom. The van der Waals surface area contributed by atoms with Gasteiger partial charge in [0.05, 0.1) is 6.54 Å². The van der Waals surface area contributed by atoms with Crippen LogP contribution in [0.25, 0.3) is 0 Å². The van der Waals surface area contributed by atoms with Crippen LogP contribution < -0.4 is 5.73 Å². The Morgan fingerprint density at radius 2 is 2.18 bits per heavy atom. The zero-order valence-electron chi connectivity index (χ0n) is 9.84. The van der Waals surface area contributed by atoms with Gasteiger partial charge in [-0.05, 0) is 37.8 Å². The van der Waals surface area contributed by atoms with E-state index in [2.05, 4.69) is 34.0 Å². The molecule has 0 saturated heterocycles. The molecular weight excluding hydrogens is 216 g/mol. The normalized spacial score (nSPS) is 19.2. The molecule has 17 heavy (non-hydrogen) atoms. The minimum atomic E-state index is -0.208. The minimum Gasteiger partial charge on any atom is -0.341 e. The topological polar surface area (TPSA) is 69.9 Å². The first-order valence-corrected chi connectivity index (χ1v) is 5.91. The fourth-order valence-corrected chi connectivity index (χ4v) is 2.34. The molecule has 5 heteroatoms. The first-order valence-electron chi connectivity index (χ1n) is 5.91. The van der Waals surface area contributed by atoms with Crippen molar-refractivity contribution in [3.8, 4) is 0 Å². The van der Waals surface area contributed by atoms with Crippen molar-refractivity contribution in [2.75, 3.05) is 0 Å². The van der Waals surface area contributed by atoms with Gasteiger partial charge in [-0.25, -0.2) is 0 Å². The summed E-state index contributed by atoms with van der Waals surface area (Å²) in [7, 11) is 0. The van der Waals surface area contributed by atoms with Gasteiger partial charge in [-0.1, -0.05) is 5.16 Å². The molecule has 1 aliphatic carbocycles. The molecule has 0 aliphatic heterocycles. The SMILES string of the molecule is C[C@](c1noc(CN)n1)(C1CC1)n1cccc1. The van der Waals surface area contributed by atoms with Gasteiger partial charge in [0.2, 0.25) is 5.89 Å². The van der Waals surface area contributed by atoms with Crippen LogP contribution in [0, 0.1) is 5.92 Å². The lowest BCUT2D eigenvalue weighted by atomic mass is 9.94. The molecule has 2 aromatic heterocycles. The highest BCUT2D eigenvalue weighted by atomic mass is 16.5. The number of hydrogen-bond donors (Lipinski definition) is 1. The first-order chi connectivity index (χ1) is 8.25. The van der Waals surface area contributed by atoms with Gasteiger partial charge < -0.3 is 14.8 Å². The van der Waals surface area contributed by atoms with E-state index in [1.54, 1.807) is 0 Å². The van der Waals surface area contributed by atoms with Crippen LogP contribution in [-0.4, -0.2) is 14.7 Å². The third kappa shape index (κ3) is 1.58. The van der Waals surface area contributed by atoms with Gasteiger partial charge >= 0.3 is 0 Å². The summed E-state index contributed by atoms with van der Waals surface area (Å²) in [6.07, 6.45) is 6.52. The van der Waals surface area contributed by atoms with Crippen LogP contribution in [0.15, 0.2) is 29.0 Å². The Morgan fingerprint density at radius 1 is 1.47 bits per heavy atom. The fraction of sp³-hybridized carbons (Fsp3) is 0.500. The summed E-state index contributed by atoms with van der Waals surface area (Å²) in [6, 6.07) is 4.04. The van der Waals surface area contributed by atoms with E-state index >= 15 is 0 Å². The summed E-state index contributed by atoms with van der Waals surface area (Å²) >= 11 is 0. The van der Waals surface area contributed by atoms with Gasteiger partial charge in [-0.3, -0.25) is 0 Å². The molecule has 0 aromatic carbocycles. The summed E-state index contributed by atoms with van der Waals surface area (Å²) in [5.74, 6) is 1.81. The second-order valence-electron chi connectivity index (χ2n) is 4.73. The molecular formula is C12H16N4O. The number of nitrogens with two attached hydrogens (primary N) is 1. The van der Waals surface area contributed by atoms with Crippen LogP contribution in [0.2, 0.25) is 0 Å². The lowest BCUT2D eigenvalue weighted by molar-refractivity contribution is 0.297. The molecule has 1 aliphatic rings. The molecule has 0 radical (unpaired) electrons. The molecule has 1 fully saturated rings. The molecule has 0 amide bonds. The van der Waals surface area contributed by atoms with Crippen molar-refractivity contribution in [3.05, 3.63) is 36.2 Å². The van der Waals surface area contributed by atoms with E-state index in [1.165, 1.54) is 12.8 Å². The monoisotopic (exact) mass is 232 g/mol. The second-order valence-corrected chi connectivity index (χ2v) is 4.73. The van der Waals surface area contributed by atoms with Crippen LogP contribution >= 0.6 is 0 Å². The minimum absolute atomic E-state index is 0.208. The van der Waals surface area contributed by atoms with Crippen LogP contribution in [-0.2, 0) is 12.1 Å². The van der Waals surface area contributed by atoms with E-state index in [4.69, 9.17) is 10.3 Å². The van der Waals surface area contributed by atoms with Gasteiger partial charge in [0.25, 0.3) is 0 Å². The fourth-order valence-electron chi connectivity index (χ4n) is 2.34. The average molecular weight is 232 g/mol. The zero-order chi connectivity index (χ0) is 11.9. The van der Waals surface area contributed by atoms with Gasteiger partial charge in [-0.15, -0.1) is 0 Å². The van der Waals surface area contributed by atoms with Crippen molar-refractivity contribution in [1.82, 2.24) is 14.7 Å². The molecule has 2 N–H and O–H groups in total. The van der Waals surface area contributed by atoms with Crippen LogP contribution in [0.5, 0.6) is 0 Å². The number of hydrogen-bond acceptors (Lipinski definition) is 4. The highest BCUT2D eigenvalue weighted by molar-refractivity contribution is 5.15. The quantitative estimate of drug-likeness (QED) is 0.867. The molecule has 5 nitrogen and oxygen atoms in total. The molecule has 0 bridgehead atoms. The molecule has 1 atom stereocenters. The standard InChI is InChI=1S/C12H16N4O/c1-12(9-4-5-9,16-6-2-3-7-16)11-14-10(8-13)17-15-11/h2-3,6-7,9H,4-5,8,13H2,1H3/t12-/m1/s1. The van der Waals surface area contributed by atoms with Gasteiger partial charge in [0.15, 0.2) is 5.82 Å². The van der Waals surface area contributed by atoms with E-state index in [1.807, 2.05) is 12.1 Å². The zero-order valence-corrected chi connectivity index (χ0v) is 9.84. The van der Waals surface area contributed by atoms with Crippen molar-refractivity contribution in [1.29, 1.82) is 0 Å². The maximum atomic E-state index is 5.51. The van der Waals surface area contributed by atoms with E-state index < -0.39 is 0 Å². The smallest absolute Gasteiger partial charge is 0.240 e. The number of nitrogens with zero attached hydrogens (tertiary/aromatic N) is 3. The lowest BCUT2D eigenvalue weighted by Crippen LogP contribution is -2.34. The Labute approximate surface area is 99.6 Å². The van der Waals surface area contributed by atoms with Crippen molar-refractivity contribution < 1.29 is 4.52 Å². The van der Waals surface area contributed by atoms with Crippen molar-refractivity contribution in [2.24, 2.45) is 11.7 Å². The van der Waals surface area contributed by atoms with Crippen molar-refractivity contribution in [2.45, 2.75) is 31.8 Å². The molecule has 0 spiro atoms. The summed E-state index contributed by atoms with van der Waals surface area (Å²) in [6.45, 7) is 2.45. The number of aromatic nitrogens is 3. The Balaban J connectivity index is 2.05. The van der Waals surface area contributed by atoms with Crippen molar-refractivity contribution >= 4 is 0 Å². The van der Waals surface area contributed by atoms with E-state index in [9.17, 15) is 0 Å².